The van der Waals surface area contributed by atoms with Crippen LogP contribution in [0.3, 0.4) is 0 Å². The van der Waals surface area contributed by atoms with Crippen LogP contribution in [0.15, 0.2) is 24.3 Å². The third-order valence-electron chi connectivity index (χ3n) is 11.9. The van der Waals surface area contributed by atoms with Crippen molar-refractivity contribution in [3.63, 3.8) is 0 Å². The molecular weight excluding hydrogens is 418 g/mol. The summed E-state index contributed by atoms with van der Waals surface area (Å²) in [6, 6.07) is 8.40. The zero-order valence-corrected chi connectivity index (χ0v) is 21.5. The minimum absolute atomic E-state index is 0.0821. The fourth-order valence-corrected chi connectivity index (χ4v) is 10.1. The van der Waals surface area contributed by atoms with Crippen molar-refractivity contribution in [2.75, 3.05) is 11.4 Å². The van der Waals surface area contributed by atoms with E-state index in [2.05, 4.69) is 38.1 Å². The third kappa shape index (κ3) is 3.51. The fraction of sp³-hybridized carbons (Fsp3) is 0.774. The van der Waals surface area contributed by atoms with Crippen LogP contribution in [0.2, 0.25) is 0 Å². The number of hydrogen-bond donors (Lipinski definition) is 1. The molecule has 0 saturated heterocycles. The number of amides is 1. The molecule has 1 amide bonds. The number of rotatable bonds is 4. The van der Waals surface area contributed by atoms with Crippen molar-refractivity contribution in [3.05, 3.63) is 29.8 Å². The average Bonchev–Trinajstić information content (AvgIpc) is 3.41. The van der Waals surface area contributed by atoms with Crippen LogP contribution in [0, 0.1) is 40.4 Å². The van der Waals surface area contributed by atoms with Gasteiger partial charge in [-0.15, -0.1) is 0 Å². The molecule has 8 unspecified atom stereocenters. The molecule has 3 nitrogen and oxygen atoms in total. The molecule has 186 valence electrons. The third-order valence-corrected chi connectivity index (χ3v) is 11.9. The molecule has 1 aromatic rings. The maximum absolute atomic E-state index is 13.0. The lowest BCUT2D eigenvalue weighted by Gasteiger charge is -2.62. The van der Waals surface area contributed by atoms with Crippen molar-refractivity contribution in [1.29, 1.82) is 0 Å². The van der Waals surface area contributed by atoms with E-state index in [0.29, 0.717) is 35.0 Å². The van der Waals surface area contributed by atoms with Gasteiger partial charge in [0, 0.05) is 18.7 Å². The molecule has 4 aliphatic carbocycles. The molecule has 5 aliphatic rings. The quantitative estimate of drug-likeness (QED) is 0.535. The molecule has 1 heterocycles. The van der Waals surface area contributed by atoms with Crippen molar-refractivity contribution >= 4 is 11.6 Å². The number of aliphatic hydroxyl groups is 1. The van der Waals surface area contributed by atoms with Gasteiger partial charge in [0.15, 0.2) is 0 Å². The number of carbonyl (C=O) groups is 1. The smallest absolute Gasteiger partial charge is 0.226 e. The summed E-state index contributed by atoms with van der Waals surface area (Å²) in [6.07, 6.45) is 15.6. The van der Waals surface area contributed by atoms with Crippen molar-refractivity contribution in [2.24, 2.45) is 40.4 Å². The van der Waals surface area contributed by atoms with Gasteiger partial charge in [0.25, 0.3) is 0 Å². The van der Waals surface area contributed by atoms with Crippen LogP contribution < -0.4 is 4.90 Å². The summed E-state index contributed by atoms with van der Waals surface area (Å²) < 4.78 is 0. The van der Waals surface area contributed by atoms with E-state index in [0.717, 1.165) is 49.2 Å². The van der Waals surface area contributed by atoms with Crippen LogP contribution in [0.5, 0.6) is 0 Å². The summed E-state index contributed by atoms with van der Waals surface area (Å²) in [7, 11) is 0. The van der Waals surface area contributed by atoms with Crippen LogP contribution in [0.4, 0.5) is 5.69 Å². The van der Waals surface area contributed by atoms with Gasteiger partial charge in [0.2, 0.25) is 5.91 Å². The Hall–Kier alpha value is -1.35. The molecule has 1 N–H and O–H groups in total. The van der Waals surface area contributed by atoms with Gasteiger partial charge in [-0.3, -0.25) is 4.79 Å². The molecular formula is C31H45NO2. The summed E-state index contributed by atoms with van der Waals surface area (Å²) in [4.78, 5) is 15.1. The molecule has 6 rings (SSSR count). The molecule has 1 aliphatic heterocycles. The molecule has 4 fully saturated rings. The lowest BCUT2D eigenvalue weighted by Crippen LogP contribution is -2.57. The molecule has 0 radical (unpaired) electrons. The van der Waals surface area contributed by atoms with Crippen molar-refractivity contribution in [1.82, 2.24) is 0 Å². The van der Waals surface area contributed by atoms with E-state index in [9.17, 15) is 9.90 Å². The van der Waals surface area contributed by atoms with E-state index in [1.54, 1.807) is 0 Å². The van der Waals surface area contributed by atoms with Gasteiger partial charge in [-0.1, -0.05) is 44.9 Å². The molecule has 0 bridgehead atoms. The van der Waals surface area contributed by atoms with Crippen molar-refractivity contribution < 1.29 is 9.90 Å². The van der Waals surface area contributed by atoms with Crippen LogP contribution in [-0.4, -0.2) is 23.7 Å². The van der Waals surface area contributed by atoms with E-state index >= 15 is 0 Å². The highest BCUT2D eigenvalue weighted by molar-refractivity contribution is 5.95. The summed E-state index contributed by atoms with van der Waals surface area (Å²) in [6.45, 7) is 6.01. The Labute approximate surface area is 206 Å². The first-order valence-electron chi connectivity index (χ1n) is 14.5. The Bertz CT molecular complexity index is 928. The monoisotopic (exact) mass is 463 g/mol. The number of hydrogen-bond acceptors (Lipinski definition) is 2. The van der Waals surface area contributed by atoms with Gasteiger partial charge >= 0.3 is 0 Å². The number of anilines is 1. The molecule has 0 aromatic heterocycles. The average molecular weight is 464 g/mol. The number of nitrogens with zero attached hydrogens (tertiary/aromatic N) is 1. The number of para-hydroxylation sites is 1. The van der Waals surface area contributed by atoms with Gasteiger partial charge in [-0.25, -0.2) is 0 Å². The summed E-state index contributed by atoms with van der Waals surface area (Å²) >= 11 is 0. The Balaban J connectivity index is 1.10. The Morgan fingerprint density at radius 2 is 1.85 bits per heavy atom. The zero-order valence-electron chi connectivity index (χ0n) is 21.5. The molecule has 34 heavy (non-hydrogen) atoms. The van der Waals surface area contributed by atoms with Crippen LogP contribution in [0.25, 0.3) is 0 Å². The van der Waals surface area contributed by atoms with Gasteiger partial charge in [0.05, 0.1) is 6.10 Å². The first-order valence-corrected chi connectivity index (χ1v) is 14.5. The summed E-state index contributed by atoms with van der Waals surface area (Å²) in [5.41, 5.74) is 3.29. The van der Waals surface area contributed by atoms with E-state index in [-0.39, 0.29) is 6.10 Å². The lowest BCUT2D eigenvalue weighted by molar-refractivity contribution is -0.162. The van der Waals surface area contributed by atoms with Crippen molar-refractivity contribution in [2.45, 2.75) is 103 Å². The molecule has 0 spiro atoms. The minimum Gasteiger partial charge on any atom is -0.393 e. The maximum atomic E-state index is 13.0. The number of aliphatic hydroxyl groups excluding tert-OH is 1. The highest BCUT2D eigenvalue weighted by Gasteiger charge is 2.61. The van der Waals surface area contributed by atoms with E-state index in [1.165, 1.54) is 63.4 Å². The number of carbonyl (C=O) groups excluding carboxylic acids is 1. The maximum Gasteiger partial charge on any atom is 0.226 e. The normalized spacial score (nSPS) is 43.1. The van der Waals surface area contributed by atoms with Crippen LogP contribution in [-0.2, 0) is 11.2 Å². The molecule has 1 aromatic carbocycles. The minimum atomic E-state index is -0.0821. The summed E-state index contributed by atoms with van der Waals surface area (Å²) in [5, 5.41) is 11.4. The SMILES string of the molecule is CC12CCC3C(C(O)CC4CCCCC43C)C1CCC2CCCC(=O)N1CCc2ccccc21. The standard InChI is InChI=1S/C31H45NO2/c1-30-17-6-5-9-23(30)20-27(33)29-24-14-13-22(31(24,2)18-15-25(29)30)10-7-12-28(34)32-19-16-21-8-3-4-11-26(21)32/h3-4,8,11,22-25,27,29,33H,5-7,9-10,12-20H2,1-2H3. The largest absolute Gasteiger partial charge is 0.393 e. The second-order valence-corrected chi connectivity index (χ2v) is 13.2. The molecule has 8 atom stereocenters. The molecule has 3 heteroatoms. The Morgan fingerprint density at radius 3 is 2.74 bits per heavy atom. The second-order valence-electron chi connectivity index (χ2n) is 13.2. The van der Waals surface area contributed by atoms with Gasteiger partial charge in [0.1, 0.15) is 0 Å². The molecule has 4 saturated carbocycles. The zero-order chi connectivity index (χ0) is 23.5. The predicted octanol–water partition coefficient (Wildman–Crippen LogP) is 6.77. The number of benzene rings is 1. The highest BCUT2D eigenvalue weighted by Crippen LogP contribution is 2.67. The van der Waals surface area contributed by atoms with Gasteiger partial charge < -0.3 is 10.0 Å². The van der Waals surface area contributed by atoms with Crippen LogP contribution >= 0.6 is 0 Å². The van der Waals surface area contributed by atoms with E-state index in [4.69, 9.17) is 0 Å². The Morgan fingerprint density at radius 1 is 1.03 bits per heavy atom. The predicted molar refractivity (Wildman–Crippen MR) is 138 cm³/mol. The highest BCUT2D eigenvalue weighted by atomic mass is 16.3. The number of fused-ring (bicyclic) bond motifs is 6. The fourth-order valence-electron chi connectivity index (χ4n) is 10.1. The lowest BCUT2D eigenvalue weighted by atomic mass is 9.44. The van der Waals surface area contributed by atoms with Crippen LogP contribution in [0.1, 0.15) is 96.5 Å². The first kappa shape index (κ1) is 23.1. The second kappa shape index (κ2) is 8.64. The van der Waals surface area contributed by atoms with Gasteiger partial charge in [-0.2, -0.15) is 0 Å². The van der Waals surface area contributed by atoms with E-state index in [1.807, 2.05) is 4.90 Å². The Kier molecular flexibility index (Phi) is 5.87. The first-order chi connectivity index (χ1) is 16.4. The van der Waals surface area contributed by atoms with E-state index < -0.39 is 0 Å². The van der Waals surface area contributed by atoms with Crippen molar-refractivity contribution in [3.8, 4) is 0 Å². The topological polar surface area (TPSA) is 40.5 Å². The van der Waals surface area contributed by atoms with Gasteiger partial charge in [-0.05, 0) is 116 Å². The summed E-state index contributed by atoms with van der Waals surface area (Å²) in [5.74, 6) is 3.72.